The van der Waals surface area contributed by atoms with Gasteiger partial charge >= 0.3 is 0 Å². The van der Waals surface area contributed by atoms with Gasteiger partial charge in [-0.15, -0.1) is 11.3 Å². The summed E-state index contributed by atoms with van der Waals surface area (Å²) in [5, 5.41) is 10.7. The molecule has 1 atom stereocenters. The molecular weight excluding hydrogens is 346 g/mol. The van der Waals surface area contributed by atoms with Crippen LogP contribution in [0.25, 0.3) is 0 Å². The van der Waals surface area contributed by atoms with Crippen LogP contribution in [-0.2, 0) is 19.9 Å². The number of thiophene rings is 1. The average molecular weight is 363 g/mol. The molecule has 0 spiro atoms. The van der Waals surface area contributed by atoms with Gasteiger partial charge < -0.3 is 5.32 Å². The SMILES string of the molecule is CCc1nn(C)c(CC(NC)c2cc(Br)cs2)c1Cl. The van der Waals surface area contributed by atoms with Gasteiger partial charge in [-0.2, -0.15) is 5.10 Å². The molecule has 2 rings (SSSR count). The lowest BCUT2D eigenvalue weighted by Crippen LogP contribution is -2.19. The van der Waals surface area contributed by atoms with Crippen LogP contribution in [0.3, 0.4) is 0 Å². The summed E-state index contributed by atoms with van der Waals surface area (Å²) < 4.78 is 3.02. The van der Waals surface area contributed by atoms with Crippen molar-refractivity contribution >= 4 is 38.9 Å². The van der Waals surface area contributed by atoms with Crippen molar-refractivity contribution in [1.82, 2.24) is 15.1 Å². The summed E-state index contributed by atoms with van der Waals surface area (Å²) in [5.74, 6) is 0. The Labute approximate surface area is 131 Å². The highest BCUT2D eigenvalue weighted by atomic mass is 79.9. The minimum atomic E-state index is 0.258. The maximum absolute atomic E-state index is 6.41. The average Bonchev–Trinajstić information content (AvgIpc) is 2.92. The maximum Gasteiger partial charge on any atom is 0.0850 e. The Balaban J connectivity index is 2.26. The van der Waals surface area contributed by atoms with Gasteiger partial charge in [-0.05, 0) is 35.5 Å². The molecule has 0 aromatic carbocycles. The number of rotatable bonds is 5. The van der Waals surface area contributed by atoms with Crippen LogP contribution in [0.2, 0.25) is 5.02 Å². The number of nitrogens with zero attached hydrogens (tertiary/aromatic N) is 2. The van der Waals surface area contributed by atoms with E-state index in [4.69, 9.17) is 11.6 Å². The van der Waals surface area contributed by atoms with Crippen molar-refractivity contribution in [1.29, 1.82) is 0 Å². The standard InChI is InChI=1S/C13H17BrClN3S/c1-4-9-13(15)11(18(3)17-9)6-10(16-2)12-5-8(14)7-19-12/h5,7,10,16H,4,6H2,1-3H3. The highest BCUT2D eigenvalue weighted by Gasteiger charge is 2.19. The molecule has 0 aliphatic rings. The molecule has 1 N–H and O–H groups in total. The van der Waals surface area contributed by atoms with Gasteiger partial charge in [0, 0.05) is 34.2 Å². The van der Waals surface area contributed by atoms with Gasteiger partial charge in [0.05, 0.1) is 16.4 Å². The molecule has 2 aromatic heterocycles. The molecule has 6 heteroatoms. The number of aromatic nitrogens is 2. The Bertz CT molecular complexity index is 564. The van der Waals surface area contributed by atoms with Gasteiger partial charge in [0.15, 0.2) is 0 Å². The minimum Gasteiger partial charge on any atom is -0.312 e. The first-order valence-corrected chi connectivity index (χ1v) is 8.23. The van der Waals surface area contributed by atoms with E-state index in [1.54, 1.807) is 11.3 Å². The second kappa shape index (κ2) is 6.39. The minimum absolute atomic E-state index is 0.258. The van der Waals surface area contributed by atoms with Crippen LogP contribution in [0.4, 0.5) is 0 Å². The van der Waals surface area contributed by atoms with Crippen molar-refractivity contribution in [3.05, 3.63) is 37.2 Å². The first kappa shape index (κ1) is 15.0. The molecule has 0 aliphatic heterocycles. The van der Waals surface area contributed by atoms with Crippen LogP contribution in [0.15, 0.2) is 15.9 Å². The smallest absolute Gasteiger partial charge is 0.0850 e. The maximum atomic E-state index is 6.41. The third-order valence-electron chi connectivity index (χ3n) is 3.18. The van der Waals surface area contributed by atoms with E-state index in [1.807, 2.05) is 18.8 Å². The third kappa shape index (κ3) is 3.21. The Kier molecular flexibility index (Phi) is 5.06. The van der Waals surface area contributed by atoms with E-state index in [0.29, 0.717) is 0 Å². The number of aryl methyl sites for hydroxylation is 2. The molecule has 1 unspecified atom stereocenters. The predicted octanol–water partition coefficient (Wildman–Crippen LogP) is 3.96. The normalized spacial score (nSPS) is 12.9. The molecular formula is C13H17BrClN3S. The van der Waals surface area contributed by atoms with Crippen LogP contribution in [-0.4, -0.2) is 16.8 Å². The largest absolute Gasteiger partial charge is 0.312 e. The second-order valence-electron chi connectivity index (χ2n) is 4.40. The van der Waals surface area contributed by atoms with E-state index in [2.05, 4.69) is 44.7 Å². The van der Waals surface area contributed by atoms with Crippen molar-refractivity contribution < 1.29 is 0 Å². The van der Waals surface area contributed by atoms with Crippen LogP contribution in [0.5, 0.6) is 0 Å². The van der Waals surface area contributed by atoms with Crippen LogP contribution >= 0.6 is 38.9 Å². The lowest BCUT2D eigenvalue weighted by Gasteiger charge is -2.14. The van der Waals surface area contributed by atoms with Crippen molar-refractivity contribution in [3.63, 3.8) is 0 Å². The zero-order chi connectivity index (χ0) is 14.0. The van der Waals surface area contributed by atoms with Crippen molar-refractivity contribution in [3.8, 4) is 0 Å². The van der Waals surface area contributed by atoms with E-state index in [0.717, 1.165) is 33.7 Å². The zero-order valence-electron chi connectivity index (χ0n) is 11.2. The van der Waals surface area contributed by atoms with Gasteiger partial charge in [0.25, 0.3) is 0 Å². The lowest BCUT2D eigenvalue weighted by molar-refractivity contribution is 0.569. The fourth-order valence-corrected chi connectivity index (χ4v) is 4.02. The Morgan fingerprint density at radius 1 is 1.58 bits per heavy atom. The Morgan fingerprint density at radius 2 is 2.32 bits per heavy atom. The van der Waals surface area contributed by atoms with E-state index in [1.165, 1.54) is 4.88 Å². The van der Waals surface area contributed by atoms with Gasteiger partial charge in [-0.25, -0.2) is 0 Å². The fraction of sp³-hybridized carbons (Fsp3) is 0.462. The third-order valence-corrected chi connectivity index (χ3v) is 5.42. The summed E-state index contributed by atoms with van der Waals surface area (Å²) in [6.45, 7) is 2.07. The molecule has 0 aliphatic carbocycles. The van der Waals surface area contributed by atoms with Crippen LogP contribution < -0.4 is 5.32 Å². The summed E-state index contributed by atoms with van der Waals surface area (Å²) >= 11 is 11.6. The van der Waals surface area contributed by atoms with Crippen molar-refractivity contribution in [2.45, 2.75) is 25.8 Å². The van der Waals surface area contributed by atoms with Crippen molar-refractivity contribution in [2.75, 3.05) is 7.05 Å². The molecule has 3 nitrogen and oxygen atoms in total. The van der Waals surface area contributed by atoms with Crippen LogP contribution in [0, 0.1) is 0 Å². The molecule has 19 heavy (non-hydrogen) atoms. The van der Waals surface area contributed by atoms with E-state index in [9.17, 15) is 0 Å². The fourth-order valence-electron chi connectivity index (χ4n) is 2.09. The number of halogens is 2. The molecule has 2 aromatic rings. The van der Waals surface area contributed by atoms with E-state index in [-0.39, 0.29) is 6.04 Å². The van der Waals surface area contributed by atoms with E-state index >= 15 is 0 Å². The number of hydrogen-bond acceptors (Lipinski definition) is 3. The molecule has 0 radical (unpaired) electrons. The summed E-state index contributed by atoms with van der Waals surface area (Å²) in [6, 6.07) is 2.41. The van der Waals surface area contributed by atoms with Gasteiger partial charge in [0.1, 0.15) is 0 Å². The number of nitrogens with one attached hydrogen (secondary N) is 1. The first-order valence-electron chi connectivity index (χ1n) is 6.18. The molecule has 2 heterocycles. The number of likely N-dealkylation sites (N-methyl/N-ethyl adjacent to an activating group) is 1. The van der Waals surface area contributed by atoms with Crippen LogP contribution in [0.1, 0.15) is 29.2 Å². The summed E-state index contributed by atoms with van der Waals surface area (Å²) in [7, 11) is 3.93. The van der Waals surface area contributed by atoms with Gasteiger partial charge in [-0.3, -0.25) is 4.68 Å². The lowest BCUT2D eigenvalue weighted by atomic mass is 10.1. The van der Waals surface area contributed by atoms with Crippen molar-refractivity contribution in [2.24, 2.45) is 7.05 Å². The molecule has 0 fully saturated rings. The highest BCUT2D eigenvalue weighted by Crippen LogP contribution is 2.30. The quantitative estimate of drug-likeness (QED) is 0.872. The summed E-state index contributed by atoms with van der Waals surface area (Å²) in [6.07, 6.45) is 1.70. The second-order valence-corrected chi connectivity index (χ2v) is 6.63. The highest BCUT2D eigenvalue weighted by molar-refractivity contribution is 9.10. The monoisotopic (exact) mass is 361 g/mol. The zero-order valence-corrected chi connectivity index (χ0v) is 14.4. The first-order chi connectivity index (χ1) is 9.06. The molecule has 0 saturated heterocycles. The number of hydrogen-bond donors (Lipinski definition) is 1. The molecule has 104 valence electrons. The summed E-state index contributed by atoms with van der Waals surface area (Å²) in [4.78, 5) is 1.30. The topological polar surface area (TPSA) is 29.9 Å². The van der Waals surface area contributed by atoms with Gasteiger partial charge in [0.2, 0.25) is 0 Å². The molecule has 0 amide bonds. The summed E-state index contributed by atoms with van der Waals surface area (Å²) in [5.41, 5.74) is 2.06. The molecule has 0 bridgehead atoms. The Hall–Kier alpha value is -0.360. The van der Waals surface area contributed by atoms with E-state index < -0.39 is 0 Å². The van der Waals surface area contributed by atoms with Gasteiger partial charge in [-0.1, -0.05) is 18.5 Å². The predicted molar refractivity (Wildman–Crippen MR) is 85.1 cm³/mol. The Morgan fingerprint density at radius 3 is 2.79 bits per heavy atom. The molecule has 0 saturated carbocycles.